The molecule has 1 heterocycles. The minimum absolute atomic E-state index is 0.576. The number of hydrogen-bond donors (Lipinski definition) is 1. The van der Waals surface area contributed by atoms with Crippen LogP contribution in [0, 0.1) is 0 Å². The first-order chi connectivity index (χ1) is 8.08. The summed E-state index contributed by atoms with van der Waals surface area (Å²) in [5.74, 6) is 1.32. The molecule has 0 fully saturated rings. The zero-order valence-electron chi connectivity index (χ0n) is 10.6. The molecule has 0 bridgehead atoms. The van der Waals surface area contributed by atoms with Gasteiger partial charge in [-0.3, -0.25) is 4.68 Å². The van der Waals surface area contributed by atoms with E-state index in [4.69, 9.17) is 5.73 Å². The largest absolute Gasteiger partial charge is 0.384 e. The molecular formula is C14H19N3. The molecule has 0 unspecified atom stereocenters. The van der Waals surface area contributed by atoms with Gasteiger partial charge >= 0.3 is 0 Å². The maximum Gasteiger partial charge on any atom is 0.124 e. The predicted molar refractivity (Wildman–Crippen MR) is 71.0 cm³/mol. The molecule has 3 nitrogen and oxygen atoms in total. The second-order valence-electron chi connectivity index (χ2n) is 4.75. The summed E-state index contributed by atoms with van der Waals surface area (Å²) in [6.07, 6.45) is 2.68. The van der Waals surface area contributed by atoms with Gasteiger partial charge in [0.1, 0.15) is 5.82 Å². The molecule has 1 aromatic heterocycles. The molecule has 2 aromatic rings. The Bertz CT molecular complexity index is 495. The van der Waals surface area contributed by atoms with E-state index in [0.717, 1.165) is 17.8 Å². The number of rotatable bonds is 3. The van der Waals surface area contributed by atoms with Crippen molar-refractivity contribution < 1.29 is 0 Å². The van der Waals surface area contributed by atoms with Crippen LogP contribution in [0.3, 0.4) is 0 Å². The normalized spacial score (nSPS) is 11.1. The molecule has 0 atom stereocenters. The lowest BCUT2D eigenvalue weighted by Gasteiger charge is -2.06. The summed E-state index contributed by atoms with van der Waals surface area (Å²) in [5, 5.41) is 4.15. The van der Waals surface area contributed by atoms with Gasteiger partial charge in [0.15, 0.2) is 0 Å². The van der Waals surface area contributed by atoms with Crippen molar-refractivity contribution >= 4 is 5.82 Å². The van der Waals surface area contributed by atoms with Crippen molar-refractivity contribution in [2.24, 2.45) is 7.05 Å². The maximum atomic E-state index is 5.93. The fourth-order valence-electron chi connectivity index (χ4n) is 1.87. The molecule has 3 heteroatoms. The summed E-state index contributed by atoms with van der Waals surface area (Å²) >= 11 is 0. The Morgan fingerprint density at radius 3 is 2.35 bits per heavy atom. The Balaban J connectivity index is 2.17. The standard InChI is InChI=1S/C14H19N3/c1-10(2)12-6-4-11(5-7-12)8-13-9-16-17(3)14(13)15/h4-7,9-10H,8,15H2,1-3H3. The van der Waals surface area contributed by atoms with E-state index in [0.29, 0.717) is 5.92 Å². The zero-order valence-corrected chi connectivity index (χ0v) is 10.6. The van der Waals surface area contributed by atoms with E-state index in [2.05, 4.69) is 43.2 Å². The third-order valence-corrected chi connectivity index (χ3v) is 3.11. The van der Waals surface area contributed by atoms with E-state index < -0.39 is 0 Å². The van der Waals surface area contributed by atoms with E-state index in [1.807, 2.05) is 13.2 Å². The molecule has 1 aromatic carbocycles. The lowest BCUT2D eigenvalue weighted by molar-refractivity contribution is 0.778. The van der Waals surface area contributed by atoms with Gasteiger partial charge in [-0.25, -0.2) is 0 Å². The van der Waals surface area contributed by atoms with Crippen molar-refractivity contribution in [1.29, 1.82) is 0 Å². The highest BCUT2D eigenvalue weighted by Crippen LogP contribution is 2.18. The van der Waals surface area contributed by atoms with Gasteiger partial charge in [-0.15, -0.1) is 0 Å². The fraction of sp³-hybridized carbons (Fsp3) is 0.357. The van der Waals surface area contributed by atoms with Crippen LogP contribution in [0.5, 0.6) is 0 Å². The molecule has 0 amide bonds. The van der Waals surface area contributed by atoms with Gasteiger partial charge in [0.2, 0.25) is 0 Å². The molecule has 2 rings (SSSR count). The van der Waals surface area contributed by atoms with Gasteiger partial charge in [-0.1, -0.05) is 38.1 Å². The zero-order chi connectivity index (χ0) is 12.4. The first kappa shape index (κ1) is 11.7. The Morgan fingerprint density at radius 1 is 1.24 bits per heavy atom. The summed E-state index contributed by atoms with van der Waals surface area (Å²) in [4.78, 5) is 0. The second kappa shape index (κ2) is 4.62. The van der Waals surface area contributed by atoms with E-state index in [-0.39, 0.29) is 0 Å². The van der Waals surface area contributed by atoms with Crippen molar-refractivity contribution in [2.75, 3.05) is 5.73 Å². The molecule has 0 radical (unpaired) electrons. The molecule has 17 heavy (non-hydrogen) atoms. The van der Waals surface area contributed by atoms with Crippen LogP contribution in [0.4, 0.5) is 5.82 Å². The van der Waals surface area contributed by atoms with Crippen LogP contribution >= 0.6 is 0 Å². The van der Waals surface area contributed by atoms with Crippen LogP contribution < -0.4 is 5.73 Å². The molecule has 0 aliphatic rings. The van der Waals surface area contributed by atoms with E-state index in [9.17, 15) is 0 Å². The quantitative estimate of drug-likeness (QED) is 0.879. The number of nitrogens with two attached hydrogens (primary N) is 1. The highest BCUT2D eigenvalue weighted by Gasteiger charge is 2.06. The highest BCUT2D eigenvalue weighted by molar-refractivity contribution is 5.42. The first-order valence-electron chi connectivity index (χ1n) is 5.93. The topological polar surface area (TPSA) is 43.8 Å². The molecule has 0 saturated carbocycles. The average molecular weight is 229 g/mol. The van der Waals surface area contributed by atoms with Gasteiger partial charge in [0.25, 0.3) is 0 Å². The Labute approximate surface area is 102 Å². The molecule has 0 saturated heterocycles. The van der Waals surface area contributed by atoms with Gasteiger partial charge < -0.3 is 5.73 Å². The summed E-state index contributed by atoms with van der Waals surface area (Å²) < 4.78 is 1.71. The molecule has 0 aliphatic carbocycles. The molecule has 0 aliphatic heterocycles. The maximum absolute atomic E-state index is 5.93. The van der Waals surface area contributed by atoms with Crippen molar-refractivity contribution in [3.8, 4) is 0 Å². The number of hydrogen-bond acceptors (Lipinski definition) is 2. The van der Waals surface area contributed by atoms with Crippen molar-refractivity contribution in [2.45, 2.75) is 26.2 Å². The average Bonchev–Trinajstić information content (AvgIpc) is 2.62. The van der Waals surface area contributed by atoms with Gasteiger partial charge in [-0.05, 0) is 17.0 Å². The van der Waals surface area contributed by atoms with Crippen LogP contribution in [0.25, 0.3) is 0 Å². The molecule has 0 spiro atoms. The third kappa shape index (κ3) is 2.49. The molecule has 90 valence electrons. The summed E-state index contributed by atoms with van der Waals surface area (Å²) in [7, 11) is 1.86. The Kier molecular flexibility index (Phi) is 3.18. The second-order valence-corrected chi connectivity index (χ2v) is 4.75. The lowest BCUT2D eigenvalue weighted by atomic mass is 9.99. The van der Waals surface area contributed by atoms with Crippen LogP contribution in [0.2, 0.25) is 0 Å². The highest BCUT2D eigenvalue weighted by atomic mass is 15.3. The third-order valence-electron chi connectivity index (χ3n) is 3.11. The summed E-state index contributed by atoms with van der Waals surface area (Å²) in [6.45, 7) is 4.40. The van der Waals surface area contributed by atoms with Crippen molar-refractivity contribution in [3.63, 3.8) is 0 Å². The summed E-state index contributed by atoms with van der Waals surface area (Å²) in [6, 6.07) is 8.71. The van der Waals surface area contributed by atoms with E-state index in [1.54, 1.807) is 4.68 Å². The minimum Gasteiger partial charge on any atom is -0.384 e. The first-order valence-corrected chi connectivity index (χ1v) is 5.93. The van der Waals surface area contributed by atoms with Crippen LogP contribution in [0.15, 0.2) is 30.5 Å². The Morgan fingerprint density at radius 2 is 1.88 bits per heavy atom. The van der Waals surface area contributed by atoms with Gasteiger partial charge in [0, 0.05) is 19.0 Å². The number of aromatic nitrogens is 2. The minimum atomic E-state index is 0.576. The SMILES string of the molecule is CC(C)c1ccc(Cc2cnn(C)c2N)cc1. The van der Waals surface area contributed by atoms with Crippen LogP contribution in [0.1, 0.15) is 36.5 Å². The monoisotopic (exact) mass is 229 g/mol. The Hall–Kier alpha value is -1.77. The molecular weight excluding hydrogens is 210 g/mol. The van der Waals surface area contributed by atoms with E-state index >= 15 is 0 Å². The smallest absolute Gasteiger partial charge is 0.124 e. The van der Waals surface area contributed by atoms with Gasteiger partial charge in [-0.2, -0.15) is 5.10 Å². The number of anilines is 1. The van der Waals surface area contributed by atoms with Crippen molar-refractivity contribution in [1.82, 2.24) is 9.78 Å². The van der Waals surface area contributed by atoms with Crippen LogP contribution in [-0.2, 0) is 13.5 Å². The molecule has 2 N–H and O–H groups in total. The number of benzene rings is 1. The van der Waals surface area contributed by atoms with Crippen LogP contribution in [-0.4, -0.2) is 9.78 Å². The number of aryl methyl sites for hydroxylation is 1. The summed E-state index contributed by atoms with van der Waals surface area (Å²) in [5.41, 5.74) is 9.66. The van der Waals surface area contributed by atoms with Crippen molar-refractivity contribution in [3.05, 3.63) is 47.2 Å². The predicted octanol–water partition coefficient (Wildman–Crippen LogP) is 2.72. The number of nitrogen functional groups attached to an aromatic ring is 1. The van der Waals surface area contributed by atoms with E-state index in [1.165, 1.54) is 11.1 Å². The fourth-order valence-corrected chi connectivity index (χ4v) is 1.87. The lowest BCUT2D eigenvalue weighted by Crippen LogP contribution is -2.00. The number of nitrogens with zero attached hydrogens (tertiary/aromatic N) is 2. The van der Waals surface area contributed by atoms with Gasteiger partial charge in [0.05, 0.1) is 6.20 Å².